The highest BCUT2D eigenvalue weighted by atomic mass is 16.3. The third-order valence-electron chi connectivity index (χ3n) is 8.40. The van der Waals surface area contributed by atoms with E-state index in [0.717, 1.165) is 36.8 Å². The fourth-order valence-corrected chi connectivity index (χ4v) is 6.16. The maximum atomic E-state index is 13.2. The molecular weight excluding hydrogens is 512 g/mol. The van der Waals surface area contributed by atoms with Gasteiger partial charge in [-0.1, -0.05) is 60.5 Å². The van der Waals surface area contributed by atoms with E-state index in [1.54, 1.807) is 36.4 Å². The van der Waals surface area contributed by atoms with Crippen LogP contribution in [0.5, 0.6) is 0 Å². The molecule has 2 amide bonds. The summed E-state index contributed by atoms with van der Waals surface area (Å²) in [6.45, 7) is 1.28. The number of furan rings is 1. The van der Waals surface area contributed by atoms with Crippen molar-refractivity contribution in [1.82, 2.24) is 4.90 Å². The number of benzene rings is 3. The standard InChI is InChI=1S/C35H30N2O4/c36-33(39)29-9-5-4-8-28(29)31(38)23-25-10-12-26-16-17-35(30(26)22-25)18-20-37(21-19-35)34(40)32-15-14-27(41-32)13-11-24-6-2-1-3-7-24/h1-10,12,14-15,22H,16-21,23H2,(H2,36,39). The second-order valence-corrected chi connectivity index (χ2v) is 10.9. The fourth-order valence-electron chi connectivity index (χ4n) is 6.16. The summed E-state index contributed by atoms with van der Waals surface area (Å²) in [7, 11) is 0. The molecule has 1 aliphatic heterocycles. The van der Waals surface area contributed by atoms with Crippen molar-refractivity contribution in [2.75, 3.05) is 13.1 Å². The predicted octanol–water partition coefficient (Wildman–Crippen LogP) is 5.32. The predicted molar refractivity (Wildman–Crippen MR) is 156 cm³/mol. The number of amides is 2. The number of nitrogens with two attached hydrogens (primary N) is 1. The van der Waals surface area contributed by atoms with Crippen LogP contribution in [0.15, 0.2) is 89.3 Å². The smallest absolute Gasteiger partial charge is 0.289 e. The second kappa shape index (κ2) is 10.9. The van der Waals surface area contributed by atoms with Crippen LogP contribution < -0.4 is 5.73 Å². The Morgan fingerprint density at radius 3 is 2.32 bits per heavy atom. The van der Waals surface area contributed by atoms with Gasteiger partial charge in [0.2, 0.25) is 5.91 Å². The van der Waals surface area contributed by atoms with Gasteiger partial charge in [-0.25, -0.2) is 0 Å². The third-order valence-corrected chi connectivity index (χ3v) is 8.40. The van der Waals surface area contributed by atoms with Crippen molar-refractivity contribution in [3.05, 3.63) is 130 Å². The molecule has 4 aromatic rings. The SMILES string of the molecule is NC(=O)c1ccccc1C(=O)Cc1ccc2c(c1)C1(CC2)CCN(C(=O)c2ccc(C#Cc3ccccc3)o2)CC1. The molecule has 2 heterocycles. The molecule has 1 aromatic heterocycles. The summed E-state index contributed by atoms with van der Waals surface area (Å²) in [5, 5.41) is 0. The van der Waals surface area contributed by atoms with Crippen molar-refractivity contribution in [2.45, 2.75) is 37.5 Å². The number of fused-ring (bicyclic) bond motifs is 2. The van der Waals surface area contributed by atoms with E-state index in [9.17, 15) is 14.4 Å². The van der Waals surface area contributed by atoms with Crippen LogP contribution in [0.25, 0.3) is 0 Å². The summed E-state index contributed by atoms with van der Waals surface area (Å²) in [6.07, 6.45) is 3.94. The maximum absolute atomic E-state index is 13.2. The second-order valence-electron chi connectivity index (χ2n) is 10.9. The van der Waals surface area contributed by atoms with Gasteiger partial charge in [-0.3, -0.25) is 14.4 Å². The number of carbonyl (C=O) groups is 3. The Labute approximate surface area is 239 Å². The number of likely N-dealkylation sites (tertiary alicyclic amines) is 1. The summed E-state index contributed by atoms with van der Waals surface area (Å²) >= 11 is 0. The van der Waals surface area contributed by atoms with Crippen LogP contribution in [-0.2, 0) is 18.3 Å². The van der Waals surface area contributed by atoms with Crippen LogP contribution in [0.3, 0.4) is 0 Å². The van der Waals surface area contributed by atoms with E-state index in [0.29, 0.717) is 30.2 Å². The molecule has 1 saturated heterocycles. The van der Waals surface area contributed by atoms with Gasteiger partial charge in [-0.15, -0.1) is 0 Å². The van der Waals surface area contributed by atoms with E-state index < -0.39 is 5.91 Å². The lowest BCUT2D eigenvalue weighted by atomic mass is 9.73. The normalized spacial score (nSPS) is 15.2. The number of piperidine rings is 1. The van der Waals surface area contributed by atoms with E-state index in [1.165, 1.54) is 11.1 Å². The van der Waals surface area contributed by atoms with Crippen LogP contribution in [0.1, 0.15) is 78.5 Å². The first kappa shape index (κ1) is 26.3. The molecule has 1 aliphatic carbocycles. The van der Waals surface area contributed by atoms with Gasteiger partial charge in [0.05, 0.1) is 0 Å². The van der Waals surface area contributed by atoms with Gasteiger partial charge in [0.1, 0.15) is 0 Å². The van der Waals surface area contributed by atoms with Crippen LogP contribution in [0.4, 0.5) is 0 Å². The highest BCUT2D eigenvalue weighted by Gasteiger charge is 2.42. The fraction of sp³-hybridized carbons (Fsp3) is 0.229. The van der Waals surface area contributed by atoms with E-state index in [-0.39, 0.29) is 29.1 Å². The van der Waals surface area contributed by atoms with E-state index in [1.807, 2.05) is 41.3 Å². The highest BCUT2D eigenvalue weighted by molar-refractivity contribution is 6.08. The number of primary amides is 1. The first-order valence-electron chi connectivity index (χ1n) is 13.9. The number of nitrogens with zero attached hydrogens (tertiary/aromatic N) is 1. The van der Waals surface area contributed by atoms with Gasteiger partial charge in [0.15, 0.2) is 17.3 Å². The molecule has 6 rings (SSSR count). The lowest BCUT2D eigenvalue weighted by Gasteiger charge is -2.40. The van der Waals surface area contributed by atoms with Crippen molar-refractivity contribution < 1.29 is 18.8 Å². The maximum Gasteiger partial charge on any atom is 0.289 e. The van der Waals surface area contributed by atoms with Gasteiger partial charge in [0, 0.05) is 36.2 Å². The molecule has 41 heavy (non-hydrogen) atoms. The topological polar surface area (TPSA) is 93.6 Å². The zero-order valence-electron chi connectivity index (χ0n) is 22.7. The Hall–Kier alpha value is -4.89. The lowest BCUT2D eigenvalue weighted by molar-refractivity contribution is 0.0633. The van der Waals surface area contributed by atoms with Crippen LogP contribution >= 0.6 is 0 Å². The average molecular weight is 543 g/mol. The number of carbonyl (C=O) groups excluding carboxylic acids is 3. The van der Waals surface area contributed by atoms with E-state index in [2.05, 4.69) is 24.0 Å². The average Bonchev–Trinajstić information content (AvgIpc) is 3.62. The Kier molecular flexibility index (Phi) is 7.03. The Balaban J connectivity index is 1.13. The van der Waals surface area contributed by atoms with E-state index >= 15 is 0 Å². The Morgan fingerprint density at radius 1 is 0.829 bits per heavy atom. The summed E-state index contributed by atoms with van der Waals surface area (Å²) in [5.41, 5.74) is 10.5. The van der Waals surface area contributed by atoms with Gasteiger partial charge in [-0.2, -0.15) is 0 Å². The molecule has 1 spiro atoms. The van der Waals surface area contributed by atoms with Crippen molar-refractivity contribution in [1.29, 1.82) is 0 Å². The third kappa shape index (κ3) is 5.31. The van der Waals surface area contributed by atoms with Crippen molar-refractivity contribution in [3.8, 4) is 11.8 Å². The molecule has 0 atom stereocenters. The molecule has 3 aromatic carbocycles. The van der Waals surface area contributed by atoms with Gasteiger partial charge in [-0.05, 0) is 84.0 Å². The van der Waals surface area contributed by atoms with Crippen molar-refractivity contribution in [2.24, 2.45) is 5.73 Å². The Morgan fingerprint density at radius 2 is 1.56 bits per heavy atom. The summed E-state index contributed by atoms with van der Waals surface area (Å²) < 4.78 is 5.78. The number of hydrogen-bond donors (Lipinski definition) is 1. The van der Waals surface area contributed by atoms with Crippen LogP contribution in [0.2, 0.25) is 0 Å². The molecule has 2 aliphatic rings. The number of rotatable bonds is 5. The number of ketones is 1. The van der Waals surface area contributed by atoms with Crippen LogP contribution in [0, 0.1) is 11.8 Å². The minimum atomic E-state index is -0.603. The summed E-state index contributed by atoms with van der Waals surface area (Å²) in [5.74, 6) is 5.98. The summed E-state index contributed by atoms with van der Waals surface area (Å²) in [6, 6.07) is 26.1. The first-order chi connectivity index (χ1) is 19.9. The molecule has 1 fully saturated rings. The largest absolute Gasteiger partial charge is 0.443 e. The quantitative estimate of drug-likeness (QED) is 0.273. The molecule has 2 N–H and O–H groups in total. The van der Waals surface area contributed by atoms with E-state index in [4.69, 9.17) is 10.2 Å². The molecule has 6 heteroatoms. The Bertz CT molecular complexity index is 1700. The minimum absolute atomic E-state index is 0.00815. The highest BCUT2D eigenvalue weighted by Crippen LogP contribution is 2.46. The molecule has 0 bridgehead atoms. The molecule has 0 radical (unpaired) electrons. The number of Topliss-reactive ketones (excluding diaryl/α,β-unsaturated/α-hetero) is 1. The monoisotopic (exact) mass is 542 g/mol. The molecule has 6 nitrogen and oxygen atoms in total. The number of aryl methyl sites for hydroxylation is 1. The molecule has 0 saturated carbocycles. The van der Waals surface area contributed by atoms with Crippen LogP contribution in [-0.4, -0.2) is 35.6 Å². The summed E-state index contributed by atoms with van der Waals surface area (Å²) in [4.78, 5) is 40.0. The van der Waals surface area contributed by atoms with Gasteiger partial charge < -0.3 is 15.1 Å². The van der Waals surface area contributed by atoms with Crippen molar-refractivity contribution in [3.63, 3.8) is 0 Å². The number of hydrogen-bond acceptors (Lipinski definition) is 4. The first-order valence-corrected chi connectivity index (χ1v) is 13.9. The van der Waals surface area contributed by atoms with Gasteiger partial charge in [0.25, 0.3) is 5.91 Å². The zero-order chi connectivity index (χ0) is 28.4. The lowest BCUT2D eigenvalue weighted by Crippen LogP contribution is -2.44. The van der Waals surface area contributed by atoms with Gasteiger partial charge >= 0.3 is 0 Å². The minimum Gasteiger partial charge on any atom is -0.443 e. The molecule has 0 unspecified atom stereocenters. The zero-order valence-corrected chi connectivity index (χ0v) is 22.7. The molecule has 204 valence electrons. The van der Waals surface area contributed by atoms with Crippen molar-refractivity contribution >= 4 is 17.6 Å². The molecular formula is C35H30N2O4.